The Balaban J connectivity index is 0.00000364. The maximum Gasteiger partial charge on any atom is 0.372 e. The van der Waals surface area contributed by atoms with Crippen LogP contribution in [-0.2, 0) is 20.0 Å². The van der Waals surface area contributed by atoms with E-state index in [1.165, 1.54) is 5.56 Å². The molecule has 0 saturated carbocycles. The number of rotatable bonds is 9. The number of hydrogen-bond acceptors (Lipinski definition) is 5. The zero-order valence-electron chi connectivity index (χ0n) is 17.2. The fraction of sp³-hybridized carbons (Fsp3) is 0.700. The fourth-order valence-corrected chi connectivity index (χ4v) is 9.43. The fourth-order valence-electron chi connectivity index (χ4n) is 5.10. The van der Waals surface area contributed by atoms with Crippen molar-refractivity contribution >= 4 is 21.0 Å². The largest absolute Gasteiger partial charge is 0.396 e. The molecular formula is C20H37ClN2O3Si. The molecule has 1 aromatic rings. The van der Waals surface area contributed by atoms with E-state index in [0.717, 1.165) is 38.1 Å². The van der Waals surface area contributed by atoms with Gasteiger partial charge >= 0.3 is 8.56 Å². The third-order valence-corrected chi connectivity index (χ3v) is 11.0. The highest BCUT2D eigenvalue weighted by atomic mass is 35.5. The van der Waals surface area contributed by atoms with Crippen LogP contribution in [0.5, 0.6) is 0 Å². The molecule has 2 rings (SSSR count). The van der Waals surface area contributed by atoms with Gasteiger partial charge in [0.1, 0.15) is 5.22 Å². The second-order valence-electron chi connectivity index (χ2n) is 7.40. The summed E-state index contributed by atoms with van der Waals surface area (Å²) >= 11 is 0. The Hall–Kier alpha value is -0.473. The summed E-state index contributed by atoms with van der Waals surface area (Å²) in [6.45, 7) is 2.76. The monoisotopic (exact) mass is 416 g/mol. The minimum absolute atomic E-state index is 0. The van der Waals surface area contributed by atoms with Gasteiger partial charge in [-0.25, -0.2) is 0 Å². The Morgan fingerprint density at radius 3 is 2.26 bits per heavy atom. The van der Waals surface area contributed by atoms with Crippen molar-refractivity contribution in [3.8, 4) is 0 Å². The average Bonchev–Trinajstić information content (AvgIpc) is 2.69. The van der Waals surface area contributed by atoms with Crippen LogP contribution in [0.4, 0.5) is 0 Å². The number of hydrogen-bond donors (Lipinski definition) is 2. The summed E-state index contributed by atoms with van der Waals surface area (Å²) in [6.07, 6.45) is 4.35. The first-order valence-corrected chi connectivity index (χ1v) is 11.7. The van der Waals surface area contributed by atoms with Gasteiger partial charge in [0, 0.05) is 26.9 Å². The van der Waals surface area contributed by atoms with Crippen molar-refractivity contribution in [1.29, 1.82) is 0 Å². The summed E-state index contributed by atoms with van der Waals surface area (Å²) in [5, 5.41) is -0.616. The lowest BCUT2D eigenvalue weighted by Gasteiger charge is -2.60. The second-order valence-corrected chi connectivity index (χ2v) is 11.0. The van der Waals surface area contributed by atoms with E-state index in [1.54, 1.807) is 21.3 Å². The molecule has 0 aromatic heterocycles. The van der Waals surface area contributed by atoms with Gasteiger partial charge in [0.05, 0.1) is 0 Å². The average molecular weight is 417 g/mol. The Labute approximate surface area is 171 Å². The van der Waals surface area contributed by atoms with Gasteiger partial charge in [-0.2, -0.15) is 0 Å². The van der Waals surface area contributed by atoms with Crippen molar-refractivity contribution in [2.45, 2.75) is 55.8 Å². The van der Waals surface area contributed by atoms with Gasteiger partial charge in [-0.1, -0.05) is 37.3 Å². The Bertz CT molecular complexity index is 561. The molecule has 3 unspecified atom stereocenters. The standard InChI is InChI=1S/C20H36N2O3Si.ClH/c1-5-19(22)18(16-17-10-7-6-8-11-17)12-15-26(24-3,25-4)20(19,23-2)13-9-14-21;/h6-8,10-11,18H,5,9,12-16,21-22H2,1-4H3;1H. The summed E-state index contributed by atoms with van der Waals surface area (Å²) in [7, 11) is 2.60. The maximum absolute atomic E-state index is 7.22. The smallest absolute Gasteiger partial charge is 0.372 e. The van der Waals surface area contributed by atoms with Gasteiger partial charge in [-0.15, -0.1) is 12.4 Å². The van der Waals surface area contributed by atoms with Crippen LogP contribution in [0.1, 0.15) is 38.2 Å². The molecule has 0 radical (unpaired) electrons. The summed E-state index contributed by atoms with van der Waals surface area (Å²) in [5.41, 5.74) is 13.9. The highest BCUT2D eigenvalue weighted by Gasteiger charge is 2.70. The molecule has 5 nitrogen and oxygen atoms in total. The number of benzene rings is 1. The third-order valence-electron chi connectivity index (χ3n) is 6.57. The van der Waals surface area contributed by atoms with Gasteiger partial charge in [-0.05, 0) is 56.2 Å². The van der Waals surface area contributed by atoms with E-state index in [2.05, 4.69) is 31.2 Å². The zero-order valence-corrected chi connectivity index (χ0v) is 19.0. The quantitative estimate of drug-likeness (QED) is 0.604. The van der Waals surface area contributed by atoms with Gasteiger partial charge in [0.15, 0.2) is 0 Å². The molecule has 1 aliphatic heterocycles. The molecule has 1 saturated heterocycles. The Kier molecular flexibility index (Phi) is 9.41. The van der Waals surface area contributed by atoms with Gasteiger partial charge in [0.25, 0.3) is 0 Å². The maximum atomic E-state index is 7.22. The number of nitrogens with two attached hydrogens (primary N) is 2. The summed E-state index contributed by atoms with van der Waals surface area (Å²) in [6, 6.07) is 11.5. The highest BCUT2D eigenvalue weighted by molar-refractivity contribution is 6.71. The lowest BCUT2D eigenvalue weighted by Crippen LogP contribution is -2.81. The predicted octanol–water partition coefficient (Wildman–Crippen LogP) is 3.18. The van der Waals surface area contributed by atoms with Crippen molar-refractivity contribution in [1.82, 2.24) is 0 Å². The molecule has 1 fully saturated rings. The van der Waals surface area contributed by atoms with E-state index in [4.69, 9.17) is 25.1 Å². The van der Waals surface area contributed by atoms with Gasteiger partial charge < -0.3 is 25.1 Å². The molecule has 0 amide bonds. The van der Waals surface area contributed by atoms with Crippen LogP contribution in [-0.4, -0.2) is 47.2 Å². The summed E-state index contributed by atoms with van der Waals surface area (Å²) < 4.78 is 18.5. The van der Waals surface area contributed by atoms with Crippen LogP contribution >= 0.6 is 12.4 Å². The molecule has 3 atom stereocenters. The first-order chi connectivity index (χ1) is 12.5. The number of halogens is 1. The molecule has 27 heavy (non-hydrogen) atoms. The minimum Gasteiger partial charge on any atom is -0.396 e. The summed E-state index contributed by atoms with van der Waals surface area (Å²) in [5.74, 6) is 0.304. The molecule has 1 heterocycles. The molecule has 4 N–H and O–H groups in total. The van der Waals surface area contributed by atoms with Crippen LogP contribution in [0, 0.1) is 5.92 Å². The van der Waals surface area contributed by atoms with Crippen LogP contribution in [0.15, 0.2) is 30.3 Å². The molecule has 0 aliphatic carbocycles. The summed E-state index contributed by atoms with van der Waals surface area (Å²) in [4.78, 5) is 0. The molecule has 1 aliphatic rings. The number of methoxy groups -OCH3 is 1. The van der Waals surface area contributed by atoms with Crippen molar-refractivity contribution in [3.63, 3.8) is 0 Å². The number of ether oxygens (including phenoxy) is 1. The predicted molar refractivity (Wildman–Crippen MR) is 115 cm³/mol. The molecule has 0 spiro atoms. The Morgan fingerprint density at radius 2 is 1.78 bits per heavy atom. The first kappa shape index (κ1) is 24.6. The minimum atomic E-state index is -2.67. The van der Waals surface area contributed by atoms with E-state index in [0.29, 0.717) is 12.5 Å². The lowest BCUT2D eigenvalue weighted by atomic mass is 9.71. The van der Waals surface area contributed by atoms with Crippen LogP contribution < -0.4 is 11.5 Å². The van der Waals surface area contributed by atoms with Gasteiger partial charge in [0.2, 0.25) is 0 Å². The third kappa shape index (κ3) is 4.12. The van der Waals surface area contributed by atoms with E-state index in [-0.39, 0.29) is 12.4 Å². The van der Waals surface area contributed by atoms with Crippen LogP contribution in [0.3, 0.4) is 0 Å². The molecule has 0 bridgehead atoms. The Morgan fingerprint density at radius 1 is 1.15 bits per heavy atom. The van der Waals surface area contributed by atoms with Crippen molar-refractivity contribution in [2.24, 2.45) is 17.4 Å². The van der Waals surface area contributed by atoms with Crippen molar-refractivity contribution in [2.75, 3.05) is 27.9 Å². The topological polar surface area (TPSA) is 79.7 Å². The van der Waals surface area contributed by atoms with Crippen LogP contribution in [0.25, 0.3) is 0 Å². The lowest BCUT2D eigenvalue weighted by molar-refractivity contribution is -0.0891. The second kappa shape index (κ2) is 10.3. The normalized spacial score (nSPS) is 29.9. The zero-order chi connectivity index (χ0) is 19.3. The van der Waals surface area contributed by atoms with Crippen molar-refractivity contribution < 1.29 is 13.6 Å². The van der Waals surface area contributed by atoms with Crippen LogP contribution in [0.2, 0.25) is 6.04 Å². The van der Waals surface area contributed by atoms with E-state index in [9.17, 15) is 0 Å². The van der Waals surface area contributed by atoms with Gasteiger partial charge in [-0.3, -0.25) is 0 Å². The molecule has 156 valence electrons. The molecule has 7 heteroatoms. The highest BCUT2D eigenvalue weighted by Crippen LogP contribution is 2.52. The van der Waals surface area contributed by atoms with E-state index < -0.39 is 19.3 Å². The molecule has 1 aromatic carbocycles. The SMILES string of the molecule is CCC1(N)C(Cc2ccccc2)CC[Si](OC)(OC)C1(CCCN)OC.Cl. The molecular weight excluding hydrogens is 380 g/mol. The van der Waals surface area contributed by atoms with Crippen molar-refractivity contribution in [3.05, 3.63) is 35.9 Å². The van der Waals surface area contributed by atoms with E-state index >= 15 is 0 Å². The first-order valence-electron chi connectivity index (χ1n) is 9.67. The van der Waals surface area contributed by atoms with E-state index in [1.807, 2.05) is 6.07 Å².